The number of halogens is 6. The molecule has 0 bridgehead atoms. The first-order chi connectivity index (χ1) is 45.5. The molecule has 24 nitrogen and oxygen atoms in total. The van der Waals surface area contributed by atoms with Gasteiger partial charge in [0.05, 0.1) is 93.0 Å². The van der Waals surface area contributed by atoms with Gasteiger partial charge in [-0.25, -0.2) is 18.4 Å². The van der Waals surface area contributed by atoms with Crippen LogP contribution < -0.4 is 54.0 Å². The molecule has 5 amide bonds. The van der Waals surface area contributed by atoms with Crippen LogP contribution in [0.1, 0.15) is 100 Å². The molecule has 2 fully saturated rings. The molecule has 4 heterocycles. The van der Waals surface area contributed by atoms with Crippen LogP contribution in [0.15, 0.2) is 97.9 Å². The fourth-order valence-corrected chi connectivity index (χ4v) is 12.9. The molecule has 0 radical (unpaired) electrons. The molecule has 2 spiro atoms. The Labute approximate surface area is 577 Å². The molecule has 25 N–H and O–H groups in total. The minimum Gasteiger partial charge on any atom is -0.516 e. The Bertz CT molecular complexity index is 3250. The molecular weight excluding hydrogens is 1340 g/mol. The second-order valence-corrected chi connectivity index (χ2v) is 26.5. The molecule has 96 heavy (non-hydrogen) atoms. The van der Waals surface area contributed by atoms with Gasteiger partial charge in [0.15, 0.2) is 6.54 Å². The van der Waals surface area contributed by atoms with Crippen LogP contribution in [-0.2, 0) is 34.8 Å². The molecule has 12 atom stereocenters. The number of benzene rings is 4. The van der Waals surface area contributed by atoms with E-state index in [0.717, 1.165) is 19.2 Å². The van der Waals surface area contributed by atoms with Crippen molar-refractivity contribution in [1.82, 2.24) is 16.0 Å². The van der Waals surface area contributed by atoms with E-state index in [1.54, 1.807) is 67.0 Å². The molecule has 4 aromatic rings. The number of hydrogen-bond donors (Lipinski definition) is 19. The summed E-state index contributed by atoms with van der Waals surface area (Å²) in [6.07, 6.45) is 3.76. The average molecular weight is 1430 g/mol. The largest absolute Gasteiger partial charge is 0.516 e. The highest BCUT2D eigenvalue weighted by Gasteiger charge is 2.67. The monoisotopic (exact) mass is 1430 g/mol. The first-order valence-electron chi connectivity index (χ1n) is 31.5. The summed E-state index contributed by atoms with van der Waals surface area (Å²) >= 11 is 24.7. The van der Waals surface area contributed by atoms with Gasteiger partial charge in [-0.1, -0.05) is 91.4 Å². The Morgan fingerprint density at radius 1 is 0.708 bits per heavy atom. The third-order valence-electron chi connectivity index (χ3n) is 16.6. The van der Waals surface area contributed by atoms with Crippen molar-refractivity contribution in [2.45, 2.75) is 137 Å². The maximum atomic E-state index is 14.9. The molecule has 0 aliphatic carbocycles. The van der Waals surface area contributed by atoms with Crippen LogP contribution >= 0.6 is 46.4 Å². The fourth-order valence-electron chi connectivity index (χ4n) is 12.1. The summed E-state index contributed by atoms with van der Waals surface area (Å²) in [5.74, 6) is -3.97. The van der Waals surface area contributed by atoms with Gasteiger partial charge in [-0.2, -0.15) is 0 Å². The van der Waals surface area contributed by atoms with Gasteiger partial charge in [-0.3, -0.25) is 35.7 Å². The van der Waals surface area contributed by atoms with Crippen LogP contribution in [0.2, 0.25) is 20.1 Å². The normalized spacial score (nSPS) is 22.5. The number of hydrogen-bond acceptors (Lipinski definition) is 17. The van der Waals surface area contributed by atoms with E-state index in [1.165, 1.54) is 34.9 Å². The molecule has 5 unspecified atom stereocenters. The van der Waals surface area contributed by atoms with Crippen LogP contribution in [0.3, 0.4) is 0 Å². The van der Waals surface area contributed by atoms with Crippen molar-refractivity contribution in [2.75, 3.05) is 76.3 Å². The van der Waals surface area contributed by atoms with Crippen molar-refractivity contribution >= 4 is 87.3 Å². The highest BCUT2D eigenvalue weighted by atomic mass is 35.5. The number of amides is 5. The molecule has 2 saturated heterocycles. The summed E-state index contributed by atoms with van der Waals surface area (Å²) < 4.78 is 29.5. The van der Waals surface area contributed by atoms with Gasteiger partial charge in [-0.05, 0) is 122 Å². The molecule has 4 aromatic carbocycles. The minimum absolute atomic E-state index is 0.0999. The lowest BCUT2D eigenvalue weighted by molar-refractivity contribution is -0.575. The lowest BCUT2D eigenvalue weighted by atomic mass is 9.62. The van der Waals surface area contributed by atoms with Crippen molar-refractivity contribution in [1.29, 1.82) is 0 Å². The number of rotatable bonds is 25. The number of aliphatic hydroxyl groups is 9. The van der Waals surface area contributed by atoms with Gasteiger partial charge < -0.3 is 78.7 Å². The van der Waals surface area contributed by atoms with Gasteiger partial charge in [0.2, 0.25) is 11.8 Å². The fraction of sp³-hybridized carbons (Fsp3) is 0.500. The van der Waals surface area contributed by atoms with E-state index >= 15 is 0 Å². The number of aliphatic hydroxyl groups excluding tert-OH is 9. The predicted octanol–water partition coefficient (Wildman–Crippen LogP) is -0.0528. The predicted molar refractivity (Wildman–Crippen MR) is 361 cm³/mol. The molecule has 4 aliphatic heterocycles. The zero-order valence-electron chi connectivity index (χ0n) is 54.3. The van der Waals surface area contributed by atoms with Crippen molar-refractivity contribution in [3.63, 3.8) is 0 Å². The van der Waals surface area contributed by atoms with Crippen LogP contribution in [0.25, 0.3) is 0 Å². The number of nitrogens with two attached hydrogens (primary N) is 4. The lowest BCUT2D eigenvalue weighted by Gasteiger charge is -2.37. The van der Waals surface area contributed by atoms with Crippen LogP contribution in [0, 0.1) is 17.0 Å². The third kappa shape index (κ3) is 21.9. The lowest BCUT2D eigenvalue weighted by Crippen LogP contribution is -2.91. The van der Waals surface area contributed by atoms with Crippen LogP contribution in [0.4, 0.5) is 20.2 Å². The molecule has 8 rings (SSSR count). The minimum atomic E-state index is -1.31. The van der Waals surface area contributed by atoms with E-state index in [2.05, 4.69) is 38.9 Å². The summed E-state index contributed by atoms with van der Waals surface area (Å²) in [6.45, 7) is 12.6. The van der Waals surface area contributed by atoms with Crippen molar-refractivity contribution in [3.05, 3.63) is 152 Å². The Morgan fingerprint density at radius 3 is 1.57 bits per heavy atom. The zero-order chi connectivity index (χ0) is 71.7. The quantitative estimate of drug-likeness (QED) is 0.0387. The summed E-state index contributed by atoms with van der Waals surface area (Å²) in [5.41, 5.74) is 8.85. The summed E-state index contributed by atoms with van der Waals surface area (Å²) in [7, 11) is 0. The Balaban J connectivity index is 0.000000300. The standard InChI is InChI=1S/C27H32Cl2FN3O4.C23H24Cl2FN3O4.C8H16N2O3.C4H11NO2.C4H9NO/c1-26(2,3)12-21-27(17-10-19(30)18(29)11-20(17)32-25(27)37)22(14-5-4-6-15(28)9-14)23(33-21)24(36)31-8-7-16(35)13-34;1-11-23(15-8-17(26)16(25)9-18(15)29-22(23)33)19(12-3-2-4-13(24)7-12)20(28-11)21(32)27-6-5-14(31)10-30;1-2-9-5-8(13)10-4-3-7(12)6-11;5-2-1-4(7)3-6;5-3-1-2-4-6/h4-6,9-11,16,21-23,33-35H,7-8,12-13H2,1-3H3,(H,31,36)(H,32,37);2-4,7-9,11,14,19-20,28,30-31H,5-6,10H2,1H3,(H,27,32)(H,29,33);2,7,9,11-12H,1,3-6H2,(H,10,13);4,6-7H,1-3,5H2;2,4,6H,1,3,5H2/p+4/b;;;;4-2+/t16?,21-,22+,23-,27+;11?,14?,19-,20+,23+;;;/m10.../s1. The van der Waals surface area contributed by atoms with Crippen molar-refractivity contribution < 1.29 is 100 Å². The maximum absolute atomic E-state index is 14.9. The topological polar surface area (TPSA) is 431 Å². The smallest absolute Gasteiger partial charge is 0.328 e. The Hall–Kier alpha value is -5.67. The molecule has 30 heteroatoms. The van der Waals surface area contributed by atoms with E-state index in [1.807, 2.05) is 26.8 Å². The van der Waals surface area contributed by atoms with E-state index in [9.17, 15) is 43.0 Å². The maximum Gasteiger partial charge on any atom is 0.328 e. The van der Waals surface area contributed by atoms with Crippen LogP contribution in [-0.4, -0.2) is 190 Å². The number of carbonyl (C=O) groups excluding carboxylic acids is 5. The number of carbonyl (C=O) groups is 5. The summed E-state index contributed by atoms with van der Waals surface area (Å²) in [5, 5.41) is 99.8. The number of primary amides is 2. The van der Waals surface area contributed by atoms with Crippen molar-refractivity contribution in [2.24, 2.45) is 11.1 Å². The number of quaternary nitrogens is 4. The van der Waals surface area contributed by atoms with Gasteiger partial charge in [0.1, 0.15) is 34.5 Å². The highest BCUT2D eigenvalue weighted by Crippen LogP contribution is 2.58. The Kier molecular flexibility index (Phi) is 34.3. The highest BCUT2D eigenvalue weighted by molar-refractivity contribution is 6.32. The molecule has 0 saturated carbocycles. The van der Waals surface area contributed by atoms with Gasteiger partial charge in [0, 0.05) is 71.1 Å². The number of anilines is 2. The summed E-state index contributed by atoms with van der Waals surface area (Å²) in [4.78, 5) is 65.4. The number of fused-ring (bicyclic) bond motifs is 4. The second kappa shape index (κ2) is 39.8. The summed E-state index contributed by atoms with van der Waals surface area (Å²) in [6, 6.07) is 16.7. The van der Waals surface area contributed by atoms with Gasteiger partial charge >= 0.3 is 11.8 Å². The second-order valence-electron chi connectivity index (χ2n) is 24.8. The van der Waals surface area contributed by atoms with E-state index in [4.69, 9.17) is 87.9 Å². The third-order valence-corrected chi connectivity index (χ3v) is 17.6. The zero-order valence-corrected chi connectivity index (χ0v) is 57.3. The average Bonchev–Trinajstić information content (AvgIpc) is 1.54. The number of nitrogens with one attached hydrogen (secondary N) is 5. The van der Waals surface area contributed by atoms with Crippen LogP contribution in [0.5, 0.6) is 0 Å². The van der Waals surface area contributed by atoms with Gasteiger partial charge in [-0.15, -0.1) is 0 Å². The van der Waals surface area contributed by atoms with Gasteiger partial charge in [0.25, 0.3) is 5.91 Å². The Morgan fingerprint density at radius 2 is 1.16 bits per heavy atom. The van der Waals surface area contributed by atoms with E-state index in [-0.39, 0.29) is 90.7 Å². The molecule has 532 valence electrons. The van der Waals surface area contributed by atoms with E-state index < -0.39 is 89.5 Å². The van der Waals surface area contributed by atoms with Crippen molar-refractivity contribution in [3.8, 4) is 0 Å². The first kappa shape index (κ1) is 82.8. The molecular formula is C66H96Cl4F2N10O14+4. The first-order valence-corrected chi connectivity index (χ1v) is 33.1. The van der Waals surface area contributed by atoms with E-state index in [0.29, 0.717) is 82.6 Å². The SMILES string of the molecule is C=C[NH2+]CC(=O)NCCC(O)CO.CC(C)(C)C[C@H]1N[C@@H](C(=O)[NH2+]CCC(O)CO)[C@H](c2cccc(Cl)c2)[C@@]12C(=O)Nc1cc(Cl)c(F)cc12.CC1N[C@@H](C(=O)[NH2+]CCC(O)CO)[C@H](c2cccc(Cl)c2)[C@@]12C(=O)Nc1cc(Cl)c(F)cc12.NCCC(O)CO.[NH3+]CC/C=C/O. The molecule has 4 aliphatic rings. The molecule has 0 aromatic heterocycles.